The minimum Gasteiger partial charge on any atom is -0.467 e. The van der Waals surface area contributed by atoms with Crippen molar-refractivity contribution in [3.8, 4) is 0 Å². The highest BCUT2D eigenvalue weighted by atomic mass is 35.5. The number of carbonyl (C=O) groups excluding carboxylic acids is 3. The minimum atomic E-state index is -1.06. The molecule has 1 heterocycles. The van der Waals surface area contributed by atoms with Crippen LogP contribution in [0.1, 0.15) is 23.2 Å². The number of likely N-dealkylation sites (tertiary alicyclic amines) is 1. The average molecular weight is 369 g/mol. The molecular weight excluding hydrogens is 348 g/mol. The van der Waals surface area contributed by atoms with Gasteiger partial charge in [0.1, 0.15) is 0 Å². The van der Waals surface area contributed by atoms with Gasteiger partial charge in [0.05, 0.1) is 13.7 Å². The summed E-state index contributed by atoms with van der Waals surface area (Å²) in [5, 5.41) is 12.2. The first-order chi connectivity index (χ1) is 12.0. The summed E-state index contributed by atoms with van der Waals surface area (Å²) in [7, 11) is 1.19. The van der Waals surface area contributed by atoms with E-state index in [1.165, 1.54) is 7.11 Å². The normalized spacial score (nSPS) is 16.2. The van der Waals surface area contributed by atoms with Crippen molar-refractivity contribution >= 4 is 29.4 Å². The van der Waals surface area contributed by atoms with Crippen LogP contribution in [0.2, 0.25) is 5.02 Å². The molecule has 1 saturated heterocycles. The van der Waals surface area contributed by atoms with Gasteiger partial charge >= 0.3 is 5.97 Å². The summed E-state index contributed by atoms with van der Waals surface area (Å²) in [5.74, 6) is -1.42. The maximum absolute atomic E-state index is 12.4. The Morgan fingerprint density at radius 2 is 1.88 bits per heavy atom. The molecule has 0 saturated carbocycles. The number of hydrogen-bond donors (Lipinski definition) is 2. The number of piperidine rings is 1. The third-order valence-electron chi connectivity index (χ3n) is 4.23. The smallest absolute Gasteiger partial charge is 0.330 e. The fraction of sp³-hybridized carbons (Fsp3) is 0.471. The van der Waals surface area contributed by atoms with E-state index in [0.29, 0.717) is 36.5 Å². The molecule has 0 unspecified atom stereocenters. The maximum atomic E-state index is 12.4. The summed E-state index contributed by atoms with van der Waals surface area (Å²) < 4.78 is 4.52. The van der Waals surface area contributed by atoms with Gasteiger partial charge < -0.3 is 20.1 Å². The van der Waals surface area contributed by atoms with Crippen LogP contribution in [0.4, 0.5) is 0 Å². The van der Waals surface area contributed by atoms with Crippen molar-refractivity contribution in [1.29, 1.82) is 0 Å². The number of benzene rings is 1. The number of esters is 1. The van der Waals surface area contributed by atoms with Crippen molar-refractivity contribution in [3.63, 3.8) is 0 Å². The monoisotopic (exact) mass is 368 g/mol. The second-order valence-electron chi connectivity index (χ2n) is 5.84. The van der Waals surface area contributed by atoms with Crippen LogP contribution in [0.5, 0.6) is 0 Å². The number of aliphatic hydroxyl groups excluding tert-OH is 1. The number of ether oxygens (including phenoxy) is 1. The van der Waals surface area contributed by atoms with Gasteiger partial charge in [-0.2, -0.15) is 0 Å². The van der Waals surface area contributed by atoms with E-state index in [-0.39, 0.29) is 17.7 Å². The third kappa shape index (κ3) is 4.93. The highest BCUT2D eigenvalue weighted by Crippen LogP contribution is 2.20. The summed E-state index contributed by atoms with van der Waals surface area (Å²) in [4.78, 5) is 37.8. The number of aliphatic hydroxyl groups is 1. The highest BCUT2D eigenvalue weighted by molar-refractivity contribution is 6.30. The molecule has 2 N–H and O–H groups in total. The zero-order valence-corrected chi connectivity index (χ0v) is 14.7. The lowest BCUT2D eigenvalue weighted by Gasteiger charge is -2.32. The van der Waals surface area contributed by atoms with Crippen molar-refractivity contribution < 1.29 is 24.2 Å². The fourth-order valence-corrected chi connectivity index (χ4v) is 2.86. The molecule has 0 spiro atoms. The zero-order chi connectivity index (χ0) is 18.4. The molecule has 1 aromatic carbocycles. The number of nitrogens with one attached hydrogen (secondary N) is 1. The SMILES string of the molecule is COC(=O)[C@H](CO)NC(=O)C1CCN(C(=O)c2ccc(Cl)cc2)CC1. The van der Waals surface area contributed by atoms with Gasteiger partial charge in [-0.05, 0) is 37.1 Å². The van der Waals surface area contributed by atoms with Crippen molar-refractivity contribution in [2.24, 2.45) is 5.92 Å². The van der Waals surface area contributed by atoms with Gasteiger partial charge in [-0.25, -0.2) is 4.79 Å². The van der Waals surface area contributed by atoms with Gasteiger partial charge in [-0.1, -0.05) is 11.6 Å². The minimum absolute atomic E-state index is 0.0988. The van der Waals surface area contributed by atoms with Crippen LogP contribution in [0.3, 0.4) is 0 Å². The van der Waals surface area contributed by atoms with Crippen LogP contribution in [-0.4, -0.2) is 60.6 Å². The van der Waals surface area contributed by atoms with E-state index in [0.717, 1.165) is 0 Å². The number of halogens is 1. The Morgan fingerprint density at radius 3 is 2.40 bits per heavy atom. The number of amides is 2. The summed E-state index contributed by atoms with van der Waals surface area (Å²) in [6.07, 6.45) is 0.981. The predicted molar refractivity (Wildman–Crippen MR) is 91.1 cm³/mol. The molecule has 0 aliphatic carbocycles. The summed E-state index contributed by atoms with van der Waals surface area (Å²) in [6.45, 7) is 0.370. The number of carbonyl (C=O) groups is 3. The van der Waals surface area contributed by atoms with Crippen molar-refractivity contribution in [1.82, 2.24) is 10.2 Å². The molecule has 1 atom stereocenters. The van der Waals surface area contributed by atoms with Crippen molar-refractivity contribution in [3.05, 3.63) is 34.9 Å². The third-order valence-corrected chi connectivity index (χ3v) is 4.48. The molecule has 2 amide bonds. The van der Waals surface area contributed by atoms with E-state index in [9.17, 15) is 14.4 Å². The Hall–Kier alpha value is -2.12. The van der Waals surface area contributed by atoms with E-state index in [1.807, 2.05) is 0 Å². The molecular formula is C17H21ClN2O5. The fourth-order valence-electron chi connectivity index (χ4n) is 2.73. The molecule has 25 heavy (non-hydrogen) atoms. The molecule has 0 radical (unpaired) electrons. The van der Waals surface area contributed by atoms with Gasteiger partial charge in [-0.15, -0.1) is 0 Å². The molecule has 7 nitrogen and oxygen atoms in total. The second-order valence-corrected chi connectivity index (χ2v) is 6.28. The molecule has 0 bridgehead atoms. The standard InChI is InChI=1S/C17H21ClN2O5/c1-25-17(24)14(10-21)19-15(22)11-6-8-20(9-7-11)16(23)12-2-4-13(18)5-3-12/h2-5,11,14,21H,6-10H2,1H3,(H,19,22)/t14-/m0/s1. The topological polar surface area (TPSA) is 95.9 Å². The summed E-state index contributed by atoms with van der Waals surface area (Å²) >= 11 is 5.82. The molecule has 1 aliphatic heterocycles. The van der Waals surface area contributed by atoms with Gasteiger partial charge in [0.2, 0.25) is 5.91 Å². The molecule has 1 fully saturated rings. The van der Waals surface area contributed by atoms with Crippen molar-refractivity contribution in [2.75, 3.05) is 26.8 Å². The number of methoxy groups -OCH3 is 1. The molecule has 1 aromatic rings. The summed E-state index contributed by atoms with van der Waals surface area (Å²) in [6, 6.07) is 5.61. The molecule has 8 heteroatoms. The second kappa shape index (κ2) is 8.82. The van der Waals surface area contributed by atoms with E-state index in [2.05, 4.69) is 10.1 Å². The lowest BCUT2D eigenvalue weighted by atomic mass is 9.95. The van der Waals surface area contributed by atoms with Crippen LogP contribution < -0.4 is 5.32 Å². The van der Waals surface area contributed by atoms with E-state index in [4.69, 9.17) is 16.7 Å². The maximum Gasteiger partial charge on any atom is 0.330 e. The Morgan fingerprint density at radius 1 is 1.28 bits per heavy atom. The van der Waals surface area contributed by atoms with E-state index in [1.54, 1.807) is 29.2 Å². The highest BCUT2D eigenvalue weighted by Gasteiger charge is 2.30. The van der Waals surface area contributed by atoms with Crippen LogP contribution in [0, 0.1) is 5.92 Å². The Bertz CT molecular complexity index is 626. The molecule has 2 rings (SSSR count). The first-order valence-electron chi connectivity index (χ1n) is 8.00. The van der Waals surface area contributed by atoms with Gasteiger partial charge in [0.25, 0.3) is 5.91 Å². The Labute approximate surface area is 150 Å². The first kappa shape index (κ1) is 19.2. The van der Waals surface area contributed by atoms with Crippen molar-refractivity contribution in [2.45, 2.75) is 18.9 Å². The number of nitrogens with zero attached hydrogens (tertiary/aromatic N) is 1. The molecule has 136 valence electrons. The molecule has 1 aliphatic rings. The lowest BCUT2D eigenvalue weighted by Crippen LogP contribution is -2.49. The Balaban J connectivity index is 1.88. The average Bonchev–Trinajstić information content (AvgIpc) is 2.65. The summed E-state index contributed by atoms with van der Waals surface area (Å²) in [5.41, 5.74) is 0.554. The van der Waals surface area contributed by atoms with Gasteiger partial charge in [0.15, 0.2) is 6.04 Å². The zero-order valence-electron chi connectivity index (χ0n) is 13.9. The van der Waals surface area contributed by atoms with E-state index >= 15 is 0 Å². The largest absolute Gasteiger partial charge is 0.467 e. The van der Waals surface area contributed by atoms with E-state index < -0.39 is 18.6 Å². The first-order valence-corrected chi connectivity index (χ1v) is 8.38. The van der Waals surface area contributed by atoms with Gasteiger partial charge in [-0.3, -0.25) is 9.59 Å². The van der Waals surface area contributed by atoms with Crippen LogP contribution in [-0.2, 0) is 14.3 Å². The lowest BCUT2D eigenvalue weighted by molar-refractivity contribution is -0.146. The van der Waals surface area contributed by atoms with Gasteiger partial charge in [0, 0.05) is 29.6 Å². The number of hydrogen-bond acceptors (Lipinski definition) is 5. The number of rotatable bonds is 5. The quantitative estimate of drug-likeness (QED) is 0.751. The molecule has 0 aromatic heterocycles. The van der Waals surface area contributed by atoms with Crippen LogP contribution in [0.15, 0.2) is 24.3 Å². The Kier molecular flexibility index (Phi) is 6.78. The van der Waals surface area contributed by atoms with Crippen LogP contribution in [0.25, 0.3) is 0 Å². The van der Waals surface area contributed by atoms with Crippen LogP contribution >= 0.6 is 11.6 Å². The predicted octanol–water partition coefficient (Wildman–Crippen LogP) is 0.842.